The van der Waals surface area contributed by atoms with E-state index < -0.39 is 5.97 Å². The molecule has 4 heteroatoms. The van der Waals surface area contributed by atoms with E-state index >= 15 is 0 Å². The lowest BCUT2D eigenvalue weighted by Crippen LogP contribution is -2.31. The Kier molecular flexibility index (Phi) is 5.07. The van der Waals surface area contributed by atoms with Crippen molar-refractivity contribution in [1.29, 1.82) is 0 Å². The summed E-state index contributed by atoms with van der Waals surface area (Å²) in [5, 5.41) is 12.8. The van der Waals surface area contributed by atoms with E-state index in [0.29, 0.717) is 6.54 Å². The van der Waals surface area contributed by atoms with Gasteiger partial charge in [-0.3, -0.25) is 9.69 Å². The van der Waals surface area contributed by atoms with Gasteiger partial charge in [0.15, 0.2) is 0 Å². The van der Waals surface area contributed by atoms with E-state index in [1.807, 2.05) is 10.3 Å². The molecule has 0 aliphatic heterocycles. The Balaban J connectivity index is 2.37. The van der Waals surface area contributed by atoms with Gasteiger partial charge in [-0.1, -0.05) is 6.08 Å². The predicted molar refractivity (Wildman–Crippen MR) is 62.3 cm³/mol. The lowest BCUT2D eigenvalue weighted by molar-refractivity contribution is -0.138. The Bertz CT molecular complexity index is 308. The number of carboxylic acids is 1. The lowest BCUT2D eigenvalue weighted by Gasteiger charge is -2.17. The second kappa shape index (κ2) is 6.37. The van der Waals surface area contributed by atoms with Gasteiger partial charge in [-0.25, -0.2) is 0 Å². The molecule has 0 aromatic carbocycles. The molecular formula is C11H15NO2S. The molecule has 1 heterocycles. The topological polar surface area (TPSA) is 40.5 Å². The number of carboxylic acid groups (broad SMARTS) is 1. The standard InChI is InChI=1S/C11H15NO2S/c1-2-5-12(8-11(13)14)6-3-10-4-7-15-9-10/h2,4,7,9H,1,3,5-6,8H2,(H,13,14). The number of rotatable bonds is 7. The number of thiophene rings is 1. The first-order valence-electron chi connectivity index (χ1n) is 4.78. The van der Waals surface area contributed by atoms with Gasteiger partial charge >= 0.3 is 5.97 Å². The Morgan fingerprint density at radius 3 is 3.00 bits per heavy atom. The minimum atomic E-state index is -0.790. The first-order valence-corrected chi connectivity index (χ1v) is 5.72. The third-order valence-corrected chi connectivity index (χ3v) is 2.78. The summed E-state index contributed by atoms with van der Waals surface area (Å²) in [4.78, 5) is 12.4. The molecule has 1 N–H and O–H groups in total. The number of carbonyl (C=O) groups is 1. The van der Waals surface area contributed by atoms with Gasteiger partial charge in [0.2, 0.25) is 0 Å². The molecule has 0 aliphatic carbocycles. The van der Waals surface area contributed by atoms with Crippen LogP contribution in [0.15, 0.2) is 29.5 Å². The predicted octanol–water partition coefficient (Wildman–Crippen LogP) is 1.86. The van der Waals surface area contributed by atoms with Crippen LogP contribution in [0.5, 0.6) is 0 Å². The van der Waals surface area contributed by atoms with Crippen LogP contribution in [0, 0.1) is 0 Å². The van der Waals surface area contributed by atoms with Crippen LogP contribution in [0.25, 0.3) is 0 Å². The molecule has 0 aliphatic rings. The third kappa shape index (κ3) is 4.76. The fourth-order valence-electron chi connectivity index (χ4n) is 1.33. The smallest absolute Gasteiger partial charge is 0.317 e. The Labute approximate surface area is 93.7 Å². The summed E-state index contributed by atoms with van der Waals surface area (Å²) in [6, 6.07) is 2.07. The van der Waals surface area contributed by atoms with Gasteiger partial charge in [-0.05, 0) is 28.8 Å². The fourth-order valence-corrected chi connectivity index (χ4v) is 2.03. The number of hydrogen-bond donors (Lipinski definition) is 1. The van der Waals surface area contributed by atoms with Gasteiger partial charge in [-0.2, -0.15) is 11.3 Å². The van der Waals surface area contributed by atoms with Crippen molar-refractivity contribution in [3.05, 3.63) is 35.0 Å². The summed E-state index contributed by atoms with van der Waals surface area (Å²) in [6.45, 7) is 5.08. The average molecular weight is 225 g/mol. The van der Waals surface area contributed by atoms with Crippen molar-refractivity contribution in [1.82, 2.24) is 4.90 Å². The second-order valence-corrected chi connectivity index (χ2v) is 4.08. The minimum absolute atomic E-state index is 0.0795. The molecule has 0 saturated heterocycles. The molecule has 15 heavy (non-hydrogen) atoms. The zero-order valence-electron chi connectivity index (χ0n) is 8.56. The molecule has 0 radical (unpaired) electrons. The Morgan fingerprint density at radius 2 is 2.47 bits per heavy atom. The molecule has 1 rings (SSSR count). The van der Waals surface area contributed by atoms with Crippen LogP contribution in [-0.4, -0.2) is 35.6 Å². The molecule has 1 aromatic heterocycles. The highest BCUT2D eigenvalue weighted by Gasteiger charge is 2.07. The maximum atomic E-state index is 10.6. The highest BCUT2D eigenvalue weighted by molar-refractivity contribution is 7.07. The molecule has 3 nitrogen and oxygen atoms in total. The summed E-state index contributed by atoms with van der Waals surface area (Å²) in [5.41, 5.74) is 1.26. The summed E-state index contributed by atoms with van der Waals surface area (Å²) in [5.74, 6) is -0.790. The van der Waals surface area contributed by atoms with Gasteiger partial charge in [0, 0.05) is 13.1 Å². The maximum absolute atomic E-state index is 10.6. The van der Waals surface area contributed by atoms with Crippen molar-refractivity contribution in [2.75, 3.05) is 19.6 Å². The molecule has 0 bridgehead atoms. The van der Waals surface area contributed by atoms with Crippen molar-refractivity contribution in [2.45, 2.75) is 6.42 Å². The van der Waals surface area contributed by atoms with E-state index in [-0.39, 0.29) is 6.54 Å². The normalized spacial score (nSPS) is 10.5. The molecular weight excluding hydrogens is 210 g/mol. The van der Waals surface area contributed by atoms with Crippen molar-refractivity contribution in [3.8, 4) is 0 Å². The quantitative estimate of drug-likeness (QED) is 0.720. The van der Waals surface area contributed by atoms with Crippen molar-refractivity contribution < 1.29 is 9.90 Å². The van der Waals surface area contributed by atoms with Crippen molar-refractivity contribution in [3.63, 3.8) is 0 Å². The summed E-state index contributed by atoms with van der Waals surface area (Å²) < 4.78 is 0. The third-order valence-electron chi connectivity index (χ3n) is 2.04. The first-order chi connectivity index (χ1) is 7.22. The Hall–Kier alpha value is -1.13. The minimum Gasteiger partial charge on any atom is -0.480 e. The van der Waals surface area contributed by atoms with Crippen LogP contribution in [0.2, 0.25) is 0 Å². The van der Waals surface area contributed by atoms with E-state index in [4.69, 9.17) is 5.11 Å². The van der Waals surface area contributed by atoms with E-state index in [1.165, 1.54) is 5.56 Å². The number of hydrogen-bond acceptors (Lipinski definition) is 3. The van der Waals surface area contributed by atoms with Crippen molar-refractivity contribution >= 4 is 17.3 Å². The van der Waals surface area contributed by atoms with Crippen LogP contribution in [0.4, 0.5) is 0 Å². The highest BCUT2D eigenvalue weighted by atomic mass is 32.1. The second-order valence-electron chi connectivity index (χ2n) is 3.30. The number of nitrogens with zero attached hydrogens (tertiary/aromatic N) is 1. The van der Waals surface area contributed by atoms with Crippen LogP contribution < -0.4 is 0 Å². The summed E-state index contributed by atoms with van der Waals surface area (Å²) >= 11 is 1.66. The molecule has 1 aromatic rings. The van der Waals surface area contributed by atoms with Gasteiger partial charge in [0.05, 0.1) is 6.54 Å². The van der Waals surface area contributed by atoms with Gasteiger partial charge in [0.25, 0.3) is 0 Å². The molecule has 0 unspecified atom stereocenters. The summed E-state index contributed by atoms with van der Waals surface area (Å²) in [7, 11) is 0. The molecule has 0 saturated carbocycles. The molecule has 82 valence electrons. The summed E-state index contributed by atoms with van der Waals surface area (Å²) in [6.07, 6.45) is 2.63. The lowest BCUT2D eigenvalue weighted by atomic mass is 10.2. The van der Waals surface area contributed by atoms with Crippen molar-refractivity contribution in [2.24, 2.45) is 0 Å². The van der Waals surface area contributed by atoms with Crippen LogP contribution in [-0.2, 0) is 11.2 Å². The fraction of sp³-hybridized carbons (Fsp3) is 0.364. The van der Waals surface area contributed by atoms with Crippen LogP contribution in [0.1, 0.15) is 5.56 Å². The molecule has 0 spiro atoms. The number of aliphatic carboxylic acids is 1. The van der Waals surface area contributed by atoms with Gasteiger partial charge in [-0.15, -0.1) is 6.58 Å². The molecule has 0 fully saturated rings. The van der Waals surface area contributed by atoms with E-state index in [2.05, 4.69) is 18.0 Å². The Morgan fingerprint density at radius 1 is 1.67 bits per heavy atom. The van der Waals surface area contributed by atoms with Crippen LogP contribution >= 0.6 is 11.3 Å². The molecule has 0 atom stereocenters. The van der Waals surface area contributed by atoms with Gasteiger partial charge in [0.1, 0.15) is 0 Å². The largest absolute Gasteiger partial charge is 0.480 e. The molecule has 0 amide bonds. The first kappa shape index (κ1) is 11.9. The van der Waals surface area contributed by atoms with Gasteiger partial charge < -0.3 is 5.11 Å². The van der Waals surface area contributed by atoms with Crippen LogP contribution in [0.3, 0.4) is 0 Å². The SMILES string of the molecule is C=CCN(CCc1ccsc1)CC(=O)O. The van der Waals surface area contributed by atoms with E-state index in [0.717, 1.165) is 13.0 Å². The van der Waals surface area contributed by atoms with E-state index in [1.54, 1.807) is 17.4 Å². The maximum Gasteiger partial charge on any atom is 0.317 e. The zero-order valence-corrected chi connectivity index (χ0v) is 9.37. The van der Waals surface area contributed by atoms with E-state index in [9.17, 15) is 4.79 Å². The zero-order chi connectivity index (χ0) is 11.1. The monoisotopic (exact) mass is 225 g/mol. The average Bonchev–Trinajstić information content (AvgIpc) is 2.66. The highest BCUT2D eigenvalue weighted by Crippen LogP contribution is 2.07.